The van der Waals surface area contributed by atoms with Crippen molar-refractivity contribution in [2.45, 2.75) is 56.7 Å². The Morgan fingerprint density at radius 2 is 1.42 bits per heavy atom. The minimum Gasteiger partial charge on any atom is -0.508 e. The summed E-state index contributed by atoms with van der Waals surface area (Å²) in [4.78, 5) is 58.6. The van der Waals surface area contributed by atoms with Gasteiger partial charge in [0.15, 0.2) is 0 Å². The minimum atomic E-state index is -1.09. The Morgan fingerprint density at radius 1 is 0.790 bits per heavy atom. The number of piperidine rings is 2. The first kappa shape index (κ1) is 41.6. The molecule has 14 heteroatoms. The molecule has 3 N–H and O–H groups in total. The predicted molar refractivity (Wildman–Crippen MR) is 233 cm³/mol. The van der Waals surface area contributed by atoms with E-state index in [2.05, 4.69) is 15.1 Å². The summed E-state index contributed by atoms with van der Waals surface area (Å²) >= 11 is 6.31. The van der Waals surface area contributed by atoms with Crippen LogP contribution in [0.25, 0.3) is 11.1 Å². The number of carbonyl (C=O) groups excluding carboxylic acids is 4. The van der Waals surface area contributed by atoms with Gasteiger partial charge >= 0.3 is 0 Å². The summed E-state index contributed by atoms with van der Waals surface area (Å²) in [5.74, 6) is -0.889. The number of phenols is 2. The highest BCUT2D eigenvalue weighted by Crippen LogP contribution is 2.40. The van der Waals surface area contributed by atoms with Gasteiger partial charge in [-0.3, -0.25) is 39.2 Å². The lowest BCUT2D eigenvalue weighted by Crippen LogP contribution is -2.54. The normalized spacial score (nSPS) is 22.3. The molecule has 2 bridgehead atoms. The molecule has 0 saturated carbocycles. The summed E-state index contributed by atoms with van der Waals surface area (Å²) in [6, 6.07) is 24.2. The van der Waals surface area contributed by atoms with E-state index in [0.29, 0.717) is 37.1 Å². The fourth-order valence-corrected chi connectivity index (χ4v) is 10.2. The van der Waals surface area contributed by atoms with Crippen molar-refractivity contribution in [2.75, 3.05) is 56.7 Å². The number of nitrogens with zero attached hydrogens (tertiary/aromatic N) is 4. The van der Waals surface area contributed by atoms with Crippen LogP contribution < -0.4 is 15.0 Å². The summed E-state index contributed by atoms with van der Waals surface area (Å²) in [6.07, 6.45) is 3.76. The monoisotopic (exact) mass is 861 g/mol. The summed E-state index contributed by atoms with van der Waals surface area (Å²) in [6.45, 7) is 5.81. The van der Waals surface area contributed by atoms with Crippen molar-refractivity contribution in [1.82, 2.24) is 20.0 Å². The van der Waals surface area contributed by atoms with E-state index in [1.807, 2.05) is 53.4 Å². The molecule has 5 aliphatic heterocycles. The van der Waals surface area contributed by atoms with E-state index in [4.69, 9.17) is 16.3 Å². The van der Waals surface area contributed by atoms with Gasteiger partial charge in [-0.05, 0) is 127 Å². The summed E-state index contributed by atoms with van der Waals surface area (Å²) < 4.78 is 21.9. The van der Waals surface area contributed by atoms with Gasteiger partial charge in [-0.2, -0.15) is 0 Å². The van der Waals surface area contributed by atoms with Crippen molar-refractivity contribution >= 4 is 52.1 Å². The average molecular weight is 862 g/mol. The molecule has 4 saturated heterocycles. The first-order valence-electron chi connectivity index (χ1n) is 21.4. The third kappa shape index (κ3) is 8.28. The fraction of sp³-hybridized carbons (Fsp3) is 0.375. The van der Waals surface area contributed by atoms with Gasteiger partial charge in [0, 0.05) is 50.6 Å². The zero-order valence-corrected chi connectivity index (χ0v) is 35.0. The molecule has 4 amide bonds. The largest absolute Gasteiger partial charge is 0.508 e. The maximum atomic E-state index is 15.6. The number of allylic oxidation sites excluding steroid dienone is 1. The maximum Gasteiger partial charge on any atom is 0.262 e. The van der Waals surface area contributed by atoms with Gasteiger partial charge < -0.3 is 19.8 Å². The van der Waals surface area contributed by atoms with E-state index >= 15 is 4.39 Å². The first-order chi connectivity index (χ1) is 30.0. The SMILES string of the molecule is O=C1CCC(N2C(=O)c3cc(F)c(N4CC5CC4CN5CC4CCN(CCOc5ccc(C(=C(CCCl)c6ccc(O)cc6)c6ccc(O)cc6)cc5)CC4)cc3C2=O)C(=O)N1. The molecular weight excluding hydrogens is 813 g/mol. The fourth-order valence-electron chi connectivity index (χ4n) is 10.0. The molecule has 5 heterocycles. The van der Waals surface area contributed by atoms with E-state index in [9.17, 15) is 29.4 Å². The molecule has 322 valence electrons. The van der Waals surface area contributed by atoms with Crippen LogP contribution in [0.1, 0.15) is 75.9 Å². The number of fused-ring (bicyclic) bond motifs is 3. The molecule has 0 aromatic heterocycles. The molecule has 0 spiro atoms. The molecule has 4 fully saturated rings. The van der Waals surface area contributed by atoms with Gasteiger partial charge in [0.1, 0.15) is 35.7 Å². The number of hydrogen-bond donors (Lipinski definition) is 3. The number of alkyl halides is 1. The third-order valence-corrected chi connectivity index (χ3v) is 13.4. The Labute approximate surface area is 364 Å². The van der Waals surface area contributed by atoms with Crippen LogP contribution in [0.3, 0.4) is 0 Å². The first-order valence-corrected chi connectivity index (χ1v) is 22.0. The molecular formula is C48H49ClFN5O7. The molecule has 62 heavy (non-hydrogen) atoms. The highest BCUT2D eigenvalue weighted by molar-refractivity contribution is 6.24. The second kappa shape index (κ2) is 17.5. The lowest BCUT2D eigenvalue weighted by atomic mass is 9.88. The summed E-state index contributed by atoms with van der Waals surface area (Å²) in [7, 11) is 0. The van der Waals surface area contributed by atoms with Crippen molar-refractivity contribution in [3.05, 3.63) is 119 Å². The van der Waals surface area contributed by atoms with Crippen molar-refractivity contribution < 1.29 is 38.5 Å². The number of anilines is 1. The molecule has 3 atom stereocenters. The van der Waals surface area contributed by atoms with E-state index in [0.717, 1.165) is 96.5 Å². The number of benzene rings is 4. The lowest BCUT2D eigenvalue weighted by molar-refractivity contribution is -0.136. The predicted octanol–water partition coefficient (Wildman–Crippen LogP) is 6.28. The quantitative estimate of drug-likeness (QED) is 0.0799. The van der Waals surface area contributed by atoms with Crippen molar-refractivity contribution in [1.29, 1.82) is 0 Å². The number of imide groups is 2. The number of likely N-dealkylation sites (tertiary alicyclic amines) is 2. The van der Waals surface area contributed by atoms with Crippen molar-refractivity contribution in [3.63, 3.8) is 0 Å². The van der Waals surface area contributed by atoms with Crippen LogP contribution in [-0.2, 0) is 9.59 Å². The average Bonchev–Trinajstić information content (AvgIpc) is 3.93. The highest BCUT2D eigenvalue weighted by atomic mass is 35.5. The molecule has 0 radical (unpaired) electrons. The van der Waals surface area contributed by atoms with E-state index in [1.165, 1.54) is 6.07 Å². The number of piperazine rings is 1. The van der Waals surface area contributed by atoms with Crippen LogP contribution in [-0.4, -0.2) is 118 Å². The Hall–Kier alpha value is -5.76. The van der Waals surface area contributed by atoms with Crippen LogP contribution >= 0.6 is 11.6 Å². The Morgan fingerprint density at radius 3 is 2.03 bits per heavy atom. The number of phenolic OH excluding ortho intramolecular Hbond substituents is 2. The van der Waals surface area contributed by atoms with Gasteiger partial charge in [0.25, 0.3) is 11.8 Å². The molecule has 3 unspecified atom stereocenters. The lowest BCUT2D eigenvalue weighted by Gasteiger charge is -2.39. The van der Waals surface area contributed by atoms with Crippen LogP contribution in [0.15, 0.2) is 84.9 Å². The van der Waals surface area contributed by atoms with Gasteiger partial charge in [-0.25, -0.2) is 4.39 Å². The number of carbonyl (C=O) groups is 4. The number of nitrogens with one attached hydrogen (secondary N) is 1. The maximum absolute atomic E-state index is 15.6. The zero-order chi connectivity index (χ0) is 43.1. The van der Waals surface area contributed by atoms with Crippen LogP contribution in [0.4, 0.5) is 10.1 Å². The molecule has 0 aliphatic carbocycles. The summed E-state index contributed by atoms with van der Waals surface area (Å²) in [5.41, 5.74) is 5.28. The number of ether oxygens (including phenoxy) is 1. The number of amides is 4. The van der Waals surface area contributed by atoms with Gasteiger partial charge in [-0.15, -0.1) is 11.6 Å². The third-order valence-electron chi connectivity index (χ3n) is 13.2. The van der Waals surface area contributed by atoms with Crippen molar-refractivity contribution in [2.24, 2.45) is 5.92 Å². The standard InChI is InChI=1S/C48H49ClFN5O7/c49-18-15-38(30-1-7-35(56)8-2-30)45(31-3-9-36(57)10-4-31)32-5-11-37(12-6-32)62-22-21-52-19-16-29(17-20-52)26-53-27-34-23-33(53)28-54(34)43-25-40-39(24-41(43)50)47(60)55(48(40)61)42-13-14-44(58)51-46(42)59/h1-12,24-25,29,33-34,42,56-57H,13-23,26-28H2,(H,51,58,59). The minimum absolute atomic E-state index is 0.0226. The molecule has 9 rings (SSSR count). The van der Waals surface area contributed by atoms with Gasteiger partial charge in [0.05, 0.1) is 16.8 Å². The summed E-state index contributed by atoms with van der Waals surface area (Å²) in [5, 5.41) is 22.1. The Kier molecular flexibility index (Phi) is 11.8. The molecule has 4 aromatic rings. The van der Waals surface area contributed by atoms with E-state index in [-0.39, 0.29) is 47.6 Å². The molecule has 12 nitrogen and oxygen atoms in total. The smallest absolute Gasteiger partial charge is 0.262 e. The van der Waals surface area contributed by atoms with Gasteiger partial charge in [0.2, 0.25) is 11.8 Å². The van der Waals surface area contributed by atoms with Crippen molar-refractivity contribution in [3.8, 4) is 17.2 Å². The van der Waals surface area contributed by atoms with Crippen LogP contribution in [0.5, 0.6) is 17.2 Å². The number of aromatic hydroxyl groups is 2. The van der Waals surface area contributed by atoms with Crippen LogP contribution in [0.2, 0.25) is 0 Å². The second-order valence-electron chi connectivity index (χ2n) is 17.0. The Bertz CT molecular complexity index is 2400. The van der Waals surface area contributed by atoms with E-state index < -0.39 is 35.5 Å². The van der Waals surface area contributed by atoms with Gasteiger partial charge in [-0.1, -0.05) is 36.4 Å². The molecule has 4 aromatic carbocycles. The van der Waals surface area contributed by atoms with Crippen LogP contribution in [0, 0.1) is 11.7 Å². The number of rotatable bonds is 13. The number of halogens is 2. The topological polar surface area (TPSA) is 143 Å². The number of hydrogen-bond acceptors (Lipinski definition) is 10. The molecule has 5 aliphatic rings. The highest BCUT2D eigenvalue weighted by Gasteiger charge is 2.48. The zero-order valence-electron chi connectivity index (χ0n) is 34.3. The Balaban J connectivity index is 0.761. The second-order valence-corrected chi connectivity index (χ2v) is 17.4. The van der Waals surface area contributed by atoms with E-state index in [1.54, 1.807) is 24.3 Å².